The van der Waals surface area contributed by atoms with Gasteiger partial charge in [-0.2, -0.15) is 4.68 Å². The standard InChI is InChI=1S/C19H25N7O3S/c27-16-5-3-15(4-6-16)26-19(20-21-22-26)30-14-18(29)25-11-9-23(10-12-25)13-17(28)24-7-1-2-8-24/h3-6,27H,1-2,7-14H2. The van der Waals surface area contributed by atoms with E-state index in [1.807, 2.05) is 9.80 Å². The van der Waals surface area contributed by atoms with Crippen LogP contribution in [0.4, 0.5) is 0 Å². The molecular formula is C19H25N7O3S. The molecule has 2 amide bonds. The Bertz CT molecular complexity index is 875. The fourth-order valence-corrected chi connectivity index (χ4v) is 4.45. The number of tetrazole rings is 1. The predicted molar refractivity (Wildman–Crippen MR) is 110 cm³/mol. The van der Waals surface area contributed by atoms with Crippen molar-refractivity contribution in [3.8, 4) is 11.4 Å². The summed E-state index contributed by atoms with van der Waals surface area (Å²) in [5.74, 6) is 0.637. The van der Waals surface area contributed by atoms with Crippen LogP contribution in [0.1, 0.15) is 12.8 Å². The Hall–Kier alpha value is -2.66. The number of carbonyl (C=O) groups is 2. The van der Waals surface area contributed by atoms with Gasteiger partial charge in [-0.1, -0.05) is 11.8 Å². The second-order valence-corrected chi connectivity index (χ2v) is 8.37. The molecule has 10 nitrogen and oxygen atoms in total. The van der Waals surface area contributed by atoms with E-state index in [-0.39, 0.29) is 23.3 Å². The van der Waals surface area contributed by atoms with Crippen molar-refractivity contribution in [2.75, 3.05) is 51.6 Å². The highest BCUT2D eigenvalue weighted by molar-refractivity contribution is 7.99. The third-order valence-corrected chi connectivity index (χ3v) is 6.31. The van der Waals surface area contributed by atoms with Crippen molar-refractivity contribution in [2.45, 2.75) is 18.0 Å². The summed E-state index contributed by atoms with van der Waals surface area (Å²) in [6.07, 6.45) is 2.20. The summed E-state index contributed by atoms with van der Waals surface area (Å²) in [5.41, 5.74) is 0.712. The van der Waals surface area contributed by atoms with Gasteiger partial charge < -0.3 is 14.9 Å². The molecule has 0 unspecified atom stereocenters. The van der Waals surface area contributed by atoms with Crippen molar-refractivity contribution in [3.05, 3.63) is 24.3 Å². The number of likely N-dealkylation sites (tertiary alicyclic amines) is 1. The first-order valence-electron chi connectivity index (χ1n) is 10.1. The van der Waals surface area contributed by atoms with Crippen LogP contribution in [-0.2, 0) is 9.59 Å². The molecule has 11 heteroatoms. The SMILES string of the molecule is O=C(CSc1nnnn1-c1ccc(O)cc1)N1CCN(CC(=O)N2CCCC2)CC1. The minimum Gasteiger partial charge on any atom is -0.508 e. The average Bonchev–Trinajstić information content (AvgIpc) is 3.45. The number of aromatic hydroxyl groups is 1. The number of aromatic nitrogens is 4. The number of phenolic OH excluding ortho intramolecular Hbond substituents is 1. The molecule has 0 saturated carbocycles. The van der Waals surface area contributed by atoms with E-state index in [1.165, 1.54) is 11.8 Å². The lowest BCUT2D eigenvalue weighted by atomic mass is 10.3. The summed E-state index contributed by atoms with van der Waals surface area (Å²) in [6.45, 7) is 4.85. The number of nitrogens with zero attached hydrogens (tertiary/aromatic N) is 7. The third kappa shape index (κ3) is 4.90. The van der Waals surface area contributed by atoms with Gasteiger partial charge in [-0.05, 0) is 47.5 Å². The van der Waals surface area contributed by atoms with Gasteiger partial charge in [-0.3, -0.25) is 14.5 Å². The Morgan fingerprint density at radius 3 is 2.30 bits per heavy atom. The minimum atomic E-state index is 0.0331. The first-order valence-corrected chi connectivity index (χ1v) is 11.1. The number of benzene rings is 1. The molecule has 160 valence electrons. The van der Waals surface area contributed by atoms with Crippen molar-refractivity contribution in [1.82, 2.24) is 34.9 Å². The summed E-state index contributed by atoms with van der Waals surface area (Å²) in [5, 5.41) is 21.6. The number of amides is 2. The van der Waals surface area contributed by atoms with Crippen LogP contribution >= 0.6 is 11.8 Å². The first-order chi connectivity index (χ1) is 14.6. The number of hydrogen-bond donors (Lipinski definition) is 1. The quantitative estimate of drug-likeness (QED) is 0.648. The Labute approximate surface area is 178 Å². The Morgan fingerprint density at radius 1 is 0.933 bits per heavy atom. The summed E-state index contributed by atoms with van der Waals surface area (Å²) < 4.78 is 1.54. The molecule has 1 aromatic carbocycles. The maximum absolute atomic E-state index is 12.6. The maximum Gasteiger partial charge on any atom is 0.236 e. The molecule has 0 bridgehead atoms. The van der Waals surface area contributed by atoms with Gasteiger partial charge in [0.15, 0.2) is 0 Å². The lowest BCUT2D eigenvalue weighted by Crippen LogP contribution is -2.51. The number of piperazine rings is 1. The van der Waals surface area contributed by atoms with E-state index in [2.05, 4.69) is 20.4 Å². The summed E-state index contributed by atoms with van der Waals surface area (Å²) in [7, 11) is 0. The molecule has 2 aliphatic rings. The van der Waals surface area contributed by atoms with Crippen LogP contribution in [0.5, 0.6) is 5.75 Å². The topological polar surface area (TPSA) is 108 Å². The Balaban J connectivity index is 1.24. The van der Waals surface area contributed by atoms with Gasteiger partial charge in [0.05, 0.1) is 18.0 Å². The van der Waals surface area contributed by atoms with Gasteiger partial charge in [0.2, 0.25) is 17.0 Å². The van der Waals surface area contributed by atoms with E-state index < -0.39 is 0 Å². The van der Waals surface area contributed by atoms with E-state index in [0.29, 0.717) is 43.6 Å². The molecule has 2 saturated heterocycles. The molecule has 2 fully saturated rings. The highest BCUT2D eigenvalue weighted by Gasteiger charge is 2.25. The van der Waals surface area contributed by atoms with Crippen molar-refractivity contribution >= 4 is 23.6 Å². The highest BCUT2D eigenvalue weighted by atomic mass is 32.2. The lowest BCUT2D eigenvalue weighted by molar-refractivity contribution is -0.133. The molecule has 4 rings (SSSR count). The van der Waals surface area contributed by atoms with Gasteiger partial charge in [-0.25, -0.2) is 0 Å². The molecule has 2 aromatic rings. The van der Waals surface area contributed by atoms with E-state index in [4.69, 9.17) is 0 Å². The van der Waals surface area contributed by atoms with Gasteiger partial charge >= 0.3 is 0 Å². The Kier molecular flexibility index (Phi) is 6.48. The molecule has 2 aliphatic heterocycles. The molecular weight excluding hydrogens is 406 g/mol. The van der Waals surface area contributed by atoms with Crippen molar-refractivity contribution in [1.29, 1.82) is 0 Å². The third-order valence-electron chi connectivity index (χ3n) is 5.40. The number of thioether (sulfide) groups is 1. The summed E-state index contributed by atoms with van der Waals surface area (Å²) >= 11 is 1.28. The largest absolute Gasteiger partial charge is 0.508 e. The van der Waals surface area contributed by atoms with Crippen LogP contribution in [-0.4, -0.2) is 103 Å². The van der Waals surface area contributed by atoms with Crippen LogP contribution in [0.25, 0.3) is 5.69 Å². The fourth-order valence-electron chi connectivity index (χ4n) is 3.66. The second-order valence-electron chi connectivity index (χ2n) is 7.42. The molecule has 1 aromatic heterocycles. The van der Waals surface area contributed by atoms with Crippen molar-refractivity contribution in [3.63, 3.8) is 0 Å². The normalized spacial score (nSPS) is 17.5. The van der Waals surface area contributed by atoms with E-state index in [1.54, 1.807) is 28.9 Å². The molecule has 0 aliphatic carbocycles. The van der Waals surface area contributed by atoms with Gasteiger partial charge in [0.25, 0.3) is 0 Å². The van der Waals surface area contributed by atoms with Crippen LogP contribution in [0.15, 0.2) is 29.4 Å². The fraction of sp³-hybridized carbons (Fsp3) is 0.526. The summed E-state index contributed by atoms with van der Waals surface area (Å²) in [6, 6.07) is 6.54. The first kappa shape index (κ1) is 20.6. The minimum absolute atomic E-state index is 0.0331. The lowest BCUT2D eigenvalue weighted by Gasteiger charge is -2.35. The summed E-state index contributed by atoms with van der Waals surface area (Å²) in [4.78, 5) is 30.8. The molecule has 30 heavy (non-hydrogen) atoms. The van der Waals surface area contributed by atoms with Gasteiger partial charge in [0, 0.05) is 39.3 Å². The van der Waals surface area contributed by atoms with E-state index in [9.17, 15) is 14.7 Å². The van der Waals surface area contributed by atoms with Crippen LogP contribution in [0, 0.1) is 0 Å². The number of hydrogen-bond acceptors (Lipinski definition) is 8. The zero-order valence-corrected chi connectivity index (χ0v) is 17.5. The predicted octanol–water partition coefficient (Wildman–Crippen LogP) is 0.227. The van der Waals surface area contributed by atoms with E-state index in [0.717, 1.165) is 25.9 Å². The van der Waals surface area contributed by atoms with Crippen molar-refractivity contribution in [2.24, 2.45) is 0 Å². The highest BCUT2D eigenvalue weighted by Crippen LogP contribution is 2.20. The van der Waals surface area contributed by atoms with Crippen molar-refractivity contribution < 1.29 is 14.7 Å². The second kappa shape index (κ2) is 9.43. The zero-order chi connectivity index (χ0) is 20.9. The average molecular weight is 432 g/mol. The van der Waals surface area contributed by atoms with Gasteiger partial charge in [-0.15, -0.1) is 5.10 Å². The number of carbonyl (C=O) groups excluding carboxylic acids is 2. The number of phenols is 1. The van der Waals surface area contributed by atoms with Crippen LogP contribution in [0.3, 0.4) is 0 Å². The monoisotopic (exact) mass is 431 g/mol. The number of rotatable bonds is 6. The van der Waals surface area contributed by atoms with Crippen LogP contribution in [0.2, 0.25) is 0 Å². The van der Waals surface area contributed by atoms with Crippen LogP contribution < -0.4 is 0 Å². The zero-order valence-electron chi connectivity index (χ0n) is 16.7. The molecule has 0 radical (unpaired) electrons. The molecule has 0 spiro atoms. The van der Waals surface area contributed by atoms with Gasteiger partial charge in [0.1, 0.15) is 5.75 Å². The maximum atomic E-state index is 12.6. The van der Waals surface area contributed by atoms with E-state index >= 15 is 0 Å². The Morgan fingerprint density at radius 2 is 1.60 bits per heavy atom. The molecule has 3 heterocycles. The molecule has 1 N–H and O–H groups in total. The molecule has 0 atom stereocenters. The smallest absolute Gasteiger partial charge is 0.236 e.